The van der Waals surface area contributed by atoms with E-state index in [-0.39, 0.29) is 41.9 Å². The maximum Gasteiger partial charge on any atom is 0.269 e. The minimum absolute atomic E-state index is 0.0616. The Morgan fingerprint density at radius 3 is 2.46 bits per heavy atom. The molecular weight excluding hydrogens is 470 g/mol. The fourth-order valence-electron chi connectivity index (χ4n) is 4.06. The Hall–Kier alpha value is -3.40. The summed E-state index contributed by atoms with van der Waals surface area (Å²) in [4.78, 5) is 40.4. The fraction of sp³-hybridized carbons (Fsp3) is 0.400. The first-order chi connectivity index (χ1) is 16.6. The molecule has 35 heavy (non-hydrogen) atoms. The number of methoxy groups -OCH3 is 1. The van der Waals surface area contributed by atoms with Crippen molar-refractivity contribution in [3.05, 3.63) is 59.7 Å². The summed E-state index contributed by atoms with van der Waals surface area (Å²) in [5.41, 5.74) is 0.849. The van der Waals surface area contributed by atoms with E-state index in [1.165, 1.54) is 17.0 Å². The van der Waals surface area contributed by atoms with Gasteiger partial charge in [-0.25, -0.2) is 12.7 Å². The number of carbonyl (C=O) groups is 3. The van der Waals surface area contributed by atoms with Crippen LogP contribution in [0.3, 0.4) is 0 Å². The zero-order chi connectivity index (χ0) is 25.8. The van der Waals surface area contributed by atoms with Gasteiger partial charge in [0.15, 0.2) is 0 Å². The molecule has 1 atom stereocenters. The third-order valence-corrected chi connectivity index (χ3v) is 7.59. The lowest BCUT2D eigenvalue weighted by Crippen LogP contribution is -2.51. The highest BCUT2D eigenvalue weighted by Gasteiger charge is 2.41. The van der Waals surface area contributed by atoms with Crippen LogP contribution in [0.5, 0.6) is 5.75 Å². The van der Waals surface area contributed by atoms with Crippen LogP contribution in [0.25, 0.3) is 0 Å². The minimum Gasteiger partial charge on any atom is -0.497 e. The number of fused-ring (bicyclic) bond motifs is 1. The Bertz CT molecular complexity index is 1210. The van der Waals surface area contributed by atoms with Gasteiger partial charge in [-0.1, -0.05) is 31.2 Å². The van der Waals surface area contributed by atoms with E-state index in [0.717, 1.165) is 9.87 Å². The molecule has 2 aromatic carbocycles. The summed E-state index contributed by atoms with van der Waals surface area (Å²) < 4.78 is 31.7. The molecule has 3 rings (SSSR count). The van der Waals surface area contributed by atoms with Crippen molar-refractivity contribution in [2.24, 2.45) is 0 Å². The van der Waals surface area contributed by atoms with E-state index in [2.05, 4.69) is 5.32 Å². The molecule has 1 aliphatic rings. The van der Waals surface area contributed by atoms with E-state index >= 15 is 0 Å². The maximum absolute atomic E-state index is 13.4. The van der Waals surface area contributed by atoms with Gasteiger partial charge in [0.1, 0.15) is 16.7 Å². The Balaban J connectivity index is 1.84. The molecule has 0 aromatic heterocycles. The maximum atomic E-state index is 13.4. The number of carbonyl (C=O) groups excluding carboxylic acids is 3. The average Bonchev–Trinajstić information content (AvgIpc) is 3.02. The van der Waals surface area contributed by atoms with Crippen LogP contribution in [0.15, 0.2) is 53.4 Å². The zero-order valence-electron chi connectivity index (χ0n) is 20.4. The number of benzene rings is 2. The van der Waals surface area contributed by atoms with Crippen LogP contribution in [0.4, 0.5) is 0 Å². The van der Waals surface area contributed by atoms with Crippen LogP contribution in [0.2, 0.25) is 0 Å². The number of sulfonamides is 1. The van der Waals surface area contributed by atoms with Crippen LogP contribution in [-0.2, 0) is 26.2 Å². The summed E-state index contributed by atoms with van der Waals surface area (Å²) in [6.45, 7) is 5.29. The number of rotatable bonds is 10. The van der Waals surface area contributed by atoms with E-state index in [1.807, 2.05) is 26.8 Å². The first-order valence-electron chi connectivity index (χ1n) is 11.5. The molecule has 188 valence electrons. The molecule has 2 aromatic rings. The second-order valence-electron chi connectivity index (χ2n) is 8.59. The molecule has 0 fully saturated rings. The van der Waals surface area contributed by atoms with E-state index < -0.39 is 27.9 Å². The lowest BCUT2D eigenvalue weighted by molar-refractivity contribution is -0.141. The number of hydrogen-bond acceptors (Lipinski definition) is 6. The highest BCUT2D eigenvalue weighted by molar-refractivity contribution is 7.90. The van der Waals surface area contributed by atoms with Crippen molar-refractivity contribution < 1.29 is 27.5 Å². The summed E-state index contributed by atoms with van der Waals surface area (Å²) in [5, 5.41) is 2.85. The van der Waals surface area contributed by atoms with Gasteiger partial charge in [-0.2, -0.15) is 0 Å². The smallest absolute Gasteiger partial charge is 0.269 e. The van der Waals surface area contributed by atoms with Crippen molar-refractivity contribution in [2.45, 2.75) is 57.1 Å². The first kappa shape index (κ1) is 26.2. The van der Waals surface area contributed by atoms with Crippen LogP contribution >= 0.6 is 0 Å². The van der Waals surface area contributed by atoms with Crippen LogP contribution in [0, 0.1) is 0 Å². The number of hydrogen-bond donors (Lipinski definition) is 1. The standard InChI is InChI=1S/C25H31N3O6S/c1-5-21(24(30)26-17(2)3)27(16-18-9-8-10-19(15-18)34-4)23(29)13-14-28-25(31)20-11-6-7-12-22(20)35(28,32)33/h6-12,15,17,21H,5,13-14,16H2,1-4H3,(H,26,30)/t21-/m1/s1. The predicted octanol–water partition coefficient (Wildman–Crippen LogP) is 2.56. The lowest BCUT2D eigenvalue weighted by atomic mass is 10.1. The van der Waals surface area contributed by atoms with Crippen LogP contribution in [-0.4, -0.2) is 61.1 Å². The van der Waals surface area contributed by atoms with Gasteiger partial charge in [-0.3, -0.25) is 14.4 Å². The summed E-state index contributed by atoms with van der Waals surface area (Å²) in [5.74, 6) is -0.771. The number of amides is 3. The summed E-state index contributed by atoms with van der Waals surface area (Å²) in [6, 6.07) is 12.3. The second-order valence-corrected chi connectivity index (χ2v) is 10.4. The molecule has 0 aliphatic carbocycles. The van der Waals surface area contributed by atoms with Crippen molar-refractivity contribution in [2.75, 3.05) is 13.7 Å². The summed E-state index contributed by atoms with van der Waals surface area (Å²) in [7, 11) is -2.49. The topological polar surface area (TPSA) is 113 Å². The molecular formula is C25H31N3O6S. The molecule has 0 saturated carbocycles. The quantitative estimate of drug-likeness (QED) is 0.535. The first-order valence-corrected chi connectivity index (χ1v) is 12.9. The van der Waals surface area contributed by atoms with E-state index in [0.29, 0.717) is 12.2 Å². The summed E-state index contributed by atoms with van der Waals surface area (Å²) >= 11 is 0. The number of nitrogens with zero attached hydrogens (tertiary/aromatic N) is 2. The Morgan fingerprint density at radius 2 is 1.83 bits per heavy atom. The molecule has 0 radical (unpaired) electrons. The van der Waals surface area contributed by atoms with E-state index in [1.54, 1.807) is 37.4 Å². The van der Waals surface area contributed by atoms with Crippen molar-refractivity contribution in [1.82, 2.24) is 14.5 Å². The van der Waals surface area contributed by atoms with Gasteiger partial charge in [-0.05, 0) is 50.1 Å². The monoisotopic (exact) mass is 501 g/mol. The molecule has 3 amide bonds. The van der Waals surface area contributed by atoms with Gasteiger partial charge in [0, 0.05) is 25.6 Å². The van der Waals surface area contributed by atoms with Crippen LogP contribution < -0.4 is 10.1 Å². The highest BCUT2D eigenvalue weighted by atomic mass is 32.2. The van der Waals surface area contributed by atoms with Crippen LogP contribution in [0.1, 0.15) is 49.5 Å². The van der Waals surface area contributed by atoms with Gasteiger partial charge in [0.05, 0.1) is 12.7 Å². The Morgan fingerprint density at radius 1 is 1.11 bits per heavy atom. The Labute approximate surface area is 206 Å². The lowest BCUT2D eigenvalue weighted by Gasteiger charge is -2.31. The largest absolute Gasteiger partial charge is 0.497 e. The Kier molecular flexibility index (Phi) is 8.16. The molecule has 0 bridgehead atoms. The average molecular weight is 502 g/mol. The van der Waals surface area contributed by atoms with Crippen molar-refractivity contribution >= 4 is 27.7 Å². The van der Waals surface area contributed by atoms with Gasteiger partial charge in [0.25, 0.3) is 15.9 Å². The zero-order valence-corrected chi connectivity index (χ0v) is 21.2. The van der Waals surface area contributed by atoms with Crippen molar-refractivity contribution in [3.8, 4) is 5.75 Å². The molecule has 1 heterocycles. The molecule has 9 nitrogen and oxygen atoms in total. The molecule has 1 aliphatic heterocycles. The van der Waals surface area contributed by atoms with Gasteiger partial charge < -0.3 is 15.0 Å². The number of nitrogens with one attached hydrogen (secondary N) is 1. The third-order valence-electron chi connectivity index (χ3n) is 5.74. The molecule has 0 unspecified atom stereocenters. The fourth-order valence-corrected chi connectivity index (χ4v) is 5.63. The third kappa shape index (κ3) is 5.64. The highest BCUT2D eigenvalue weighted by Crippen LogP contribution is 2.30. The van der Waals surface area contributed by atoms with Crippen molar-refractivity contribution in [3.63, 3.8) is 0 Å². The summed E-state index contributed by atoms with van der Waals surface area (Å²) in [6.07, 6.45) is 0.106. The molecule has 0 spiro atoms. The normalized spacial score (nSPS) is 15.0. The molecule has 10 heteroatoms. The predicted molar refractivity (Wildman–Crippen MR) is 130 cm³/mol. The van der Waals surface area contributed by atoms with Gasteiger partial charge >= 0.3 is 0 Å². The van der Waals surface area contributed by atoms with Gasteiger partial charge in [0.2, 0.25) is 11.8 Å². The second kappa shape index (κ2) is 10.9. The van der Waals surface area contributed by atoms with Crippen molar-refractivity contribution in [1.29, 1.82) is 0 Å². The van der Waals surface area contributed by atoms with Gasteiger partial charge in [-0.15, -0.1) is 0 Å². The number of ether oxygens (including phenoxy) is 1. The van der Waals surface area contributed by atoms with E-state index in [9.17, 15) is 22.8 Å². The minimum atomic E-state index is -4.03. The van der Waals surface area contributed by atoms with E-state index in [4.69, 9.17) is 4.74 Å². The molecule has 0 saturated heterocycles. The SMILES string of the molecule is CC[C@H](C(=O)NC(C)C)N(Cc1cccc(OC)c1)C(=O)CCN1C(=O)c2ccccc2S1(=O)=O. The molecule has 1 N–H and O–H groups in total.